The number of amides is 1. The van der Waals surface area contributed by atoms with Crippen LogP contribution in [0.4, 0.5) is 0 Å². The first kappa shape index (κ1) is 18.6. The van der Waals surface area contributed by atoms with Crippen molar-refractivity contribution in [3.8, 4) is 0 Å². The molecule has 0 aromatic heterocycles. The molecule has 1 aromatic carbocycles. The molecule has 6 nitrogen and oxygen atoms in total. The highest BCUT2D eigenvalue weighted by molar-refractivity contribution is 7.88. The number of aryl methyl sites for hydroxylation is 1. The molecule has 0 bridgehead atoms. The minimum atomic E-state index is -3.41. The molecule has 0 aliphatic heterocycles. The van der Waals surface area contributed by atoms with Crippen molar-refractivity contribution in [1.82, 2.24) is 9.62 Å². The zero-order chi connectivity index (χ0) is 16.6. The van der Waals surface area contributed by atoms with Crippen molar-refractivity contribution in [1.29, 1.82) is 0 Å². The Hall–Kier alpha value is -1.44. The van der Waals surface area contributed by atoms with Crippen LogP contribution < -0.4 is 5.32 Å². The van der Waals surface area contributed by atoms with Gasteiger partial charge in [0.15, 0.2) is 0 Å². The minimum absolute atomic E-state index is 0.172. The highest BCUT2D eigenvalue weighted by atomic mass is 32.2. The maximum Gasteiger partial charge on any atom is 0.235 e. The number of hydrogen-bond acceptors (Lipinski definition) is 4. The van der Waals surface area contributed by atoms with E-state index in [1.54, 1.807) is 7.11 Å². The van der Waals surface area contributed by atoms with E-state index in [2.05, 4.69) is 5.32 Å². The van der Waals surface area contributed by atoms with E-state index in [-0.39, 0.29) is 19.0 Å². The largest absolute Gasteiger partial charge is 0.385 e. The van der Waals surface area contributed by atoms with Gasteiger partial charge in [-0.1, -0.05) is 29.8 Å². The van der Waals surface area contributed by atoms with E-state index < -0.39 is 10.0 Å². The zero-order valence-electron chi connectivity index (χ0n) is 13.3. The third kappa shape index (κ3) is 7.02. The Morgan fingerprint density at radius 1 is 1.27 bits per heavy atom. The van der Waals surface area contributed by atoms with E-state index in [9.17, 15) is 13.2 Å². The lowest BCUT2D eigenvalue weighted by Crippen LogP contribution is -2.40. The number of sulfonamides is 1. The summed E-state index contributed by atoms with van der Waals surface area (Å²) in [7, 11) is -1.86. The number of carbonyl (C=O) groups is 1. The second-order valence-electron chi connectivity index (χ2n) is 5.21. The molecule has 124 valence electrons. The number of nitrogens with zero attached hydrogens (tertiary/aromatic N) is 1. The lowest BCUT2D eigenvalue weighted by atomic mass is 10.1. The van der Waals surface area contributed by atoms with Crippen molar-refractivity contribution in [3.63, 3.8) is 0 Å². The SMILES string of the molecule is COCCCN(CC(=O)NCc1ccc(C)cc1)S(C)(=O)=O. The Bertz CT molecular complexity index is 570. The summed E-state index contributed by atoms with van der Waals surface area (Å²) >= 11 is 0. The van der Waals surface area contributed by atoms with E-state index in [4.69, 9.17) is 4.74 Å². The smallest absolute Gasteiger partial charge is 0.235 e. The summed E-state index contributed by atoms with van der Waals surface area (Å²) in [4.78, 5) is 11.9. The minimum Gasteiger partial charge on any atom is -0.385 e. The van der Waals surface area contributed by atoms with Gasteiger partial charge in [-0.2, -0.15) is 4.31 Å². The van der Waals surface area contributed by atoms with Crippen LogP contribution in [-0.4, -0.2) is 51.7 Å². The van der Waals surface area contributed by atoms with Crippen LogP contribution in [0.5, 0.6) is 0 Å². The fourth-order valence-corrected chi connectivity index (χ4v) is 2.68. The molecule has 0 saturated carbocycles. The van der Waals surface area contributed by atoms with Gasteiger partial charge in [-0.05, 0) is 18.9 Å². The predicted molar refractivity (Wildman–Crippen MR) is 85.9 cm³/mol. The van der Waals surface area contributed by atoms with Gasteiger partial charge >= 0.3 is 0 Å². The summed E-state index contributed by atoms with van der Waals surface area (Å²) in [5.74, 6) is -0.316. The molecule has 1 aromatic rings. The van der Waals surface area contributed by atoms with Crippen LogP contribution in [0.25, 0.3) is 0 Å². The Kier molecular flexibility index (Phi) is 7.50. The maximum absolute atomic E-state index is 11.9. The van der Waals surface area contributed by atoms with E-state index in [1.165, 1.54) is 0 Å². The molecule has 22 heavy (non-hydrogen) atoms. The fourth-order valence-electron chi connectivity index (χ4n) is 1.87. The van der Waals surface area contributed by atoms with Gasteiger partial charge in [0, 0.05) is 26.8 Å². The number of carbonyl (C=O) groups excluding carboxylic acids is 1. The van der Waals surface area contributed by atoms with Crippen molar-refractivity contribution in [2.24, 2.45) is 0 Å². The van der Waals surface area contributed by atoms with Crippen LogP contribution in [0, 0.1) is 6.92 Å². The number of ether oxygens (including phenoxy) is 1. The molecule has 1 N–H and O–H groups in total. The first-order chi connectivity index (χ1) is 10.3. The number of benzene rings is 1. The van der Waals surface area contributed by atoms with Crippen LogP contribution in [-0.2, 0) is 26.1 Å². The molecule has 1 rings (SSSR count). The van der Waals surface area contributed by atoms with Crippen molar-refractivity contribution >= 4 is 15.9 Å². The predicted octanol–water partition coefficient (Wildman–Crippen LogP) is 0.909. The Morgan fingerprint density at radius 3 is 2.45 bits per heavy atom. The molecule has 0 atom stereocenters. The summed E-state index contributed by atoms with van der Waals surface area (Å²) < 4.78 is 29.4. The van der Waals surface area contributed by atoms with Gasteiger partial charge in [-0.25, -0.2) is 8.42 Å². The van der Waals surface area contributed by atoms with Crippen LogP contribution in [0.15, 0.2) is 24.3 Å². The molecule has 0 aliphatic carbocycles. The van der Waals surface area contributed by atoms with E-state index >= 15 is 0 Å². The van der Waals surface area contributed by atoms with Gasteiger partial charge in [-0.3, -0.25) is 4.79 Å². The lowest BCUT2D eigenvalue weighted by molar-refractivity contribution is -0.121. The number of rotatable bonds is 9. The molecule has 0 fully saturated rings. The van der Waals surface area contributed by atoms with Crippen molar-refractivity contribution < 1.29 is 17.9 Å². The Labute approximate surface area is 132 Å². The molecule has 0 unspecified atom stereocenters. The van der Waals surface area contributed by atoms with Crippen molar-refractivity contribution in [2.45, 2.75) is 19.9 Å². The Balaban J connectivity index is 2.50. The van der Waals surface area contributed by atoms with Crippen LogP contribution in [0.1, 0.15) is 17.5 Å². The maximum atomic E-state index is 11.9. The average Bonchev–Trinajstić information content (AvgIpc) is 2.45. The summed E-state index contributed by atoms with van der Waals surface area (Å²) in [5.41, 5.74) is 2.13. The summed E-state index contributed by atoms with van der Waals surface area (Å²) in [6.45, 7) is 2.93. The average molecular weight is 328 g/mol. The van der Waals surface area contributed by atoms with Crippen LogP contribution in [0.2, 0.25) is 0 Å². The number of nitrogens with one attached hydrogen (secondary N) is 1. The lowest BCUT2D eigenvalue weighted by Gasteiger charge is -2.19. The number of methoxy groups -OCH3 is 1. The summed E-state index contributed by atoms with van der Waals surface area (Å²) in [6.07, 6.45) is 1.65. The molecule has 1 amide bonds. The zero-order valence-corrected chi connectivity index (χ0v) is 14.1. The Morgan fingerprint density at radius 2 is 1.91 bits per heavy atom. The number of hydrogen-bond donors (Lipinski definition) is 1. The van der Waals surface area contributed by atoms with Crippen LogP contribution >= 0.6 is 0 Å². The van der Waals surface area contributed by atoms with Crippen molar-refractivity contribution in [2.75, 3.05) is 33.1 Å². The van der Waals surface area contributed by atoms with Gasteiger partial charge in [0.25, 0.3) is 0 Å². The molecule has 0 spiro atoms. The second kappa shape index (κ2) is 8.87. The quantitative estimate of drug-likeness (QED) is 0.684. The van der Waals surface area contributed by atoms with Gasteiger partial charge in [0.2, 0.25) is 15.9 Å². The molecular weight excluding hydrogens is 304 g/mol. The first-order valence-corrected chi connectivity index (χ1v) is 8.94. The molecule has 0 radical (unpaired) electrons. The topological polar surface area (TPSA) is 75.7 Å². The second-order valence-corrected chi connectivity index (χ2v) is 7.19. The molecule has 0 saturated heterocycles. The molecule has 0 aliphatic rings. The third-order valence-electron chi connectivity index (χ3n) is 3.16. The highest BCUT2D eigenvalue weighted by Crippen LogP contribution is 2.03. The monoisotopic (exact) mass is 328 g/mol. The van der Waals surface area contributed by atoms with Gasteiger partial charge in [0.1, 0.15) is 0 Å². The van der Waals surface area contributed by atoms with Gasteiger partial charge in [-0.15, -0.1) is 0 Å². The third-order valence-corrected chi connectivity index (χ3v) is 4.40. The van der Waals surface area contributed by atoms with Gasteiger partial charge in [0.05, 0.1) is 12.8 Å². The standard InChI is InChI=1S/C15H24N2O4S/c1-13-5-7-14(8-6-13)11-16-15(18)12-17(22(3,19)20)9-4-10-21-2/h5-8H,4,9-12H2,1-3H3,(H,16,18). The molecule has 7 heteroatoms. The van der Waals surface area contributed by atoms with E-state index in [0.29, 0.717) is 19.6 Å². The van der Waals surface area contributed by atoms with E-state index in [0.717, 1.165) is 21.7 Å². The van der Waals surface area contributed by atoms with Gasteiger partial charge < -0.3 is 10.1 Å². The normalized spacial score (nSPS) is 11.6. The first-order valence-electron chi connectivity index (χ1n) is 7.09. The summed E-state index contributed by atoms with van der Waals surface area (Å²) in [6, 6.07) is 7.80. The fraction of sp³-hybridized carbons (Fsp3) is 0.533. The summed E-state index contributed by atoms with van der Waals surface area (Å²) in [5, 5.41) is 2.74. The van der Waals surface area contributed by atoms with Crippen molar-refractivity contribution in [3.05, 3.63) is 35.4 Å². The van der Waals surface area contributed by atoms with Crippen LogP contribution in [0.3, 0.4) is 0 Å². The van der Waals surface area contributed by atoms with E-state index in [1.807, 2.05) is 31.2 Å². The highest BCUT2D eigenvalue weighted by Gasteiger charge is 2.19. The molecule has 0 heterocycles. The molecular formula is C15H24N2O4S.